The van der Waals surface area contributed by atoms with Crippen LogP contribution in [0, 0.1) is 6.92 Å². The van der Waals surface area contributed by atoms with E-state index >= 15 is 0 Å². The number of methoxy groups -OCH3 is 1. The van der Waals surface area contributed by atoms with Crippen molar-refractivity contribution in [2.45, 2.75) is 13.0 Å². The van der Waals surface area contributed by atoms with E-state index in [0.717, 1.165) is 16.9 Å². The van der Waals surface area contributed by atoms with E-state index in [-0.39, 0.29) is 12.2 Å². The first-order valence-electron chi connectivity index (χ1n) is 4.80. The van der Waals surface area contributed by atoms with Gasteiger partial charge in [-0.15, -0.1) is 0 Å². The Morgan fingerprint density at radius 1 is 1.53 bits per heavy atom. The van der Waals surface area contributed by atoms with E-state index in [1.165, 1.54) is 0 Å². The summed E-state index contributed by atoms with van der Waals surface area (Å²) >= 11 is 0. The Bertz CT molecular complexity index is 389. The molecule has 0 bridgehead atoms. The third-order valence-electron chi connectivity index (χ3n) is 2.51. The fourth-order valence-corrected chi connectivity index (χ4v) is 1.79. The predicted molar refractivity (Wildman–Crippen MR) is 55.0 cm³/mol. The van der Waals surface area contributed by atoms with E-state index in [1.807, 2.05) is 25.1 Å². The van der Waals surface area contributed by atoms with E-state index in [9.17, 15) is 4.79 Å². The lowest BCUT2D eigenvalue weighted by atomic mass is 10.0. The Balaban J connectivity index is 2.37. The number of cyclic esters (lactones) is 1. The first-order chi connectivity index (χ1) is 7.22. The van der Waals surface area contributed by atoms with Crippen LogP contribution in [0.4, 0.5) is 4.79 Å². The summed E-state index contributed by atoms with van der Waals surface area (Å²) < 4.78 is 10.4. The van der Waals surface area contributed by atoms with Crippen molar-refractivity contribution in [2.75, 3.05) is 13.7 Å². The zero-order valence-electron chi connectivity index (χ0n) is 8.74. The number of nitrogens with one attached hydrogen (secondary N) is 1. The molecule has 1 fully saturated rings. The molecule has 1 N–H and O–H groups in total. The largest absolute Gasteiger partial charge is 0.496 e. The Kier molecular flexibility index (Phi) is 2.49. The second-order valence-electron chi connectivity index (χ2n) is 3.47. The average molecular weight is 207 g/mol. The van der Waals surface area contributed by atoms with Crippen LogP contribution in [-0.4, -0.2) is 19.7 Å². The molecule has 0 aromatic heterocycles. The van der Waals surface area contributed by atoms with Crippen molar-refractivity contribution in [3.8, 4) is 5.75 Å². The number of alkyl carbamates (subject to hydrolysis) is 1. The van der Waals surface area contributed by atoms with Crippen LogP contribution < -0.4 is 10.1 Å². The number of ether oxygens (including phenoxy) is 2. The maximum absolute atomic E-state index is 11.0. The molecule has 4 nitrogen and oxygen atoms in total. The number of amides is 1. The molecule has 15 heavy (non-hydrogen) atoms. The third kappa shape index (κ3) is 1.75. The molecule has 0 radical (unpaired) electrons. The Morgan fingerprint density at radius 2 is 2.33 bits per heavy atom. The molecule has 1 atom stereocenters. The molecule has 2 rings (SSSR count). The van der Waals surface area contributed by atoms with Gasteiger partial charge in [0.05, 0.1) is 13.7 Å². The molecule has 1 aliphatic rings. The van der Waals surface area contributed by atoms with Gasteiger partial charge in [-0.2, -0.15) is 0 Å². The number of rotatable bonds is 2. The maximum atomic E-state index is 11.0. The van der Waals surface area contributed by atoms with Gasteiger partial charge in [0.2, 0.25) is 0 Å². The standard InChI is InChI=1S/C11H13NO3/c1-7-4-3-5-8(14-2)10(7)9-6-12-11(13)15-9/h3-5,9H,6H2,1-2H3,(H,12,13). The molecule has 1 amide bonds. The van der Waals surface area contributed by atoms with Crippen LogP contribution in [0.2, 0.25) is 0 Å². The highest BCUT2D eigenvalue weighted by atomic mass is 16.6. The SMILES string of the molecule is COc1cccc(C)c1C1CNC(=O)O1. The summed E-state index contributed by atoms with van der Waals surface area (Å²) in [4.78, 5) is 11.0. The Hall–Kier alpha value is -1.71. The van der Waals surface area contributed by atoms with Crippen LogP contribution in [0.5, 0.6) is 5.75 Å². The minimum Gasteiger partial charge on any atom is -0.496 e. The van der Waals surface area contributed by atoms with E-state index in [0.29, 0.717) is 6.54 Å². The van der Waals surface area contributed by atoms with Crippen LogP contribution in [0.3, 0.4) is 0 Å². The molecule has 1 aromatic rings. The minimum atomic E-state index is -0.370. The van der Waals surface area contributed by atoms with Crippen molar-refractivity contribution in [3.05, 3.63) is 29.3 Å². The number of hydrogen-bond acceptors (Lipinski definition) is 3. The maximum Gasteiger partial charge on any atom is 0.407 e. The smallest absolute Gasteiger partial charge is 0.407 e. The van der Waals surface area contributed by atoms with Gasteiger partial charge in [0.15, 0.2) is 0 Å². The highest BCUT2D eigenvalue weighted by Gasteiger charge is 2.27. The van der Waals surface area contributed by atoms with Gasteiger partial charge < -0.3 is 14.8 Å². The predicted octanol–water partition coefficient (Wildman–Crippen LogP) is 1.78. The Morgan fingerprint density at radius 3 is 2.93 bits per heavy atom. The molecule has 4 heteroatoms. The van der Waals surface area contributed by atoms with E-state index in [1.54, 1.807) is 7.11 Å². The first kappa shape index (κ1) is 9.83. The Labute approximate surface area is 88.2 Å². The minimum absolute atomic E-state index is 0.242. The van der Waals surface area contributed by atoms with E-state index in [2.05, 4.69) is 5.32 Å². The fraction of sp³-hybridized carbons (Fsp3) is 0.364. The average Bonchev–Trinajstić information content (AvgIpc) is 2.64. The molecule has 1 aromatic carbocycles. The lowest BCUT2D eigenvalue weighted by Crippen LogP contribution is -2.12. The highest BCUT2D eigenvalue weighted by molar-refractivity contribution is 5.70. The van der Waals surface area contributed by atoms with E-state index in [4.69, 9.17) is 9.47 Å². The fourth-order valence-electron chi connectivity index (χ4n) is 1.79. The first-order valence-corrected chi connectivity index (χ1v) is 4.80. The van der Waals surface area contributed by atoms with Gasteiger partial charge in [0, 0.05) is 5.56 Å². The molecular formula is C11H13NO3. The van der Waals surface area contributed by atoms with Crippen LogP contribution in [0.15, 0.2) is 18.2 Å². The van der Waals surface area contributed by atoms with Crippen LogP contribution in [-0.2, 0) is 4.74 Å². The summed E-state index contributed by atoms with van der Waals surface area (Å²) in [5.74, 6) is 0.761. The monoisotopic (exact) mass is 207 g/mol. The second kappa shape index (κ2) is 3.81. The van der Waals surface area contributed by atoms with Gasteiger partial charge in [0.25, 0.3) is 0 Å². The zero-order valence-corrected chi connectivity index (χ0v) is 8.74. The number of hydrogen-bond donors (Lipinski definition) is 1. The quantitative estimate of drug-likeness (QED) is 0.804. The molecule has 1 aliphatic heterocycles. The number of carbonyl (C=O) groups is 1. The van der Waals surface area contributed by atoms with Crippen molar-refractivity contribution in [2.24, 2.45) is 0 Å². The van der Waals surface area contributed by atoms with Gasteiger partial charge in [-0.05, 0) is 18.6 Å². The highest BCUT2D eigenvalue weighted by Crippen LogP contribution is 2.32. The summed E-state index contributed by atoms with van der Waals surface area (Å²) in [5, 5.41) is 2.63. The number of benzene rings is 1. The van der Waals surface area contributed by atoms with Gasteiger partial charge in [0.1, 0.15) is 11.9 Å². The number of carbonyl (C=O) groups excluding carboxylic acids is 1. The molecule has 1 heterocycles. The summed E-state index contributed by atoms with van der Waals surface area (Å²) in [6.07, 6.45) is -0.612. The third-order valence-corrected chi connectivity index (χ3v) is 2.51. The summed E-state index contributed by atoms with van der Waals surface area (Å²) in [6, 6.07) is 5.76. The van der Waals surface area contributed by atoms with Gasteiger partial charge in [-0.3, -0.25) is 0 Å². The summed E-state index contributed by atoms with van der Waals surface area (Å²) in [6.45, 7) is 2.48. The van der Waals surface area contributed by atoms with Crippen molar-refractivity contribution in [3.63, 3.8) is 0 Å². The van der Waals surface area contributed by atoms with Crippen molar-refractivity contribution in [1.82, 2.24) is 5.32 Å². The van der Waals surface area contributed by atoms with Crippen molar-refractivity contribution >= 4 is 6.09 Å². The zero-order chi connectivity index (χ0) is 10.8. The van der Waals surface area contributed by atoms with Crippen molar-refractivity contribution < 1.29 is 14.3 Å². The molecular weight excluding hydrogens is 194 g/mol. The normalized spacial score (nSPS) is 19.6. The van der Waals surface area contributed by atoms with Gasteiger partial charge in [-0.25, -0.2) is 4.79 Å². The molecule has 0 spiro atoms. The summed E-state index contributed by atoms with van der Waals surface area (Å²) in [5.41, 5.74) is 2.01. The van der Waals surface area contributed by atoms with Gasteiger partial charge in [-0.1, -0.05) is 12.1 Å². The second-order valence-corrected chi connectivity index (χ2v) is 3.47. The lowest BCUT2D eigenvalue weighted by Gasteiger charge is -2.15. The molecule has 0 saturated carbocycles. The van der Waals surface area contributed by atoms with Crippen molar-refractivity contribution in [1.29, 1.82) is 0 Å². The molecule has 1 unspecified atom stereocenters. The van der Waals surface area contributed by atoms with Crippen LogP contribution >= 0.6 is 0 Å². The van der Waals surface area contributed by atoms with Crippen LogP contribution in [0.25, 0.3) is 0 Å². The van der Waals surface area contributed by atoms with Crippen LogP contribution in [0.1, 0.15) is 17.2 Å². The van der Waals surface area contributed by atoms with Gasteiger partial charge >= 0.3 is 6.09 Å². The lowest BCUT2D eigenvalue weighted by molar-refractivity contribution is 0.139. The topological polar surface area (TPSA) is 47.6 Å². The number of aryl methyl sites for hydroxylation is 1. The molecule has 0 aliphatic carbocycles. The molecule has 80 valence electrons. The van der Waals surface area contributed by atoms with E-state index < -0.39 is 0 Å². The summed E-state index contributed by atoms with van der Waals surface area (Å²) in [7, 11) is 1.61. The molecule has 1 saturated heterocycles.